The van der Waals surface area contributed by atoms with Crippen molar-refractivity contribution in [2.45, 2.75) is 26.6 Å². The highest BCUT2D eigenvalue weighted by molar-refractivity contribution is 5.85. The third-order valence-electron chi connectivity index (χ3n) is 3.14. The van der Waals surface area contributed by atoms with E-state index >= 15 is 0 Å². The molecule has 5 nitrogen and oxygen atoms in total. The van der Waals surface area contributed by atoms with E-state index in [0.717, 1.165) is 5.56 Å². The van der Waals surface area contributed by atoms with E-state index in [0.29, 0.717) is 17.7 Å². The molecule has 0 atom stereocenters. The van der Waals surface area contributed by atoms with Crippen molar-refractivity contribution in [3.05, 3.63) is 65.7 Å². The van der Waals surface area contributed by atoms with Gasteiger partial charge in [0.2, 0.25) is 0 Å². The Labute approximate surface area is 135 Å². The van der Waals surface area contributed by atoms with Crippen LogP contribution in [0.4, 0.5) is 10.5 Å². The lowest BCUT2D eigenvalue weighted by atomic mass is 10.2. The Kier molecular flexibility index (Phi) is 6.17. The molecule has 1 amide bonds. The SMILES string of the molecule is CCC(=O)OCc1ccccc1NC(=O)OCc1ccccc1. The number of benzene rings is 2. The van der Waals surface area contributed by atoms with Gasteiger partial charge in [-0.1, -0.05) is 55.5 Å². The van der Waals surface area contributed by atoms with Crippen molar-refractivity contribution in [3.63, 3.8) is 0 Å². The van der Waals surface area contributed by atoms with Crippen LogP contribution in [0.15, 0.2) is 54.6 Å². The average Bonchev–Trinajstić information content (AvgIpc) is 2.60. The first-order valence-electron chi connectivity index (χ1n) is 7.40. The number of esters is 1. The summed E-state index contributed by atoms with van der Waals surface area (Å²) in [6.07, 6.45) is -0.238. The summed E-state index contributed by atoms with van der Waals surface area (Å²) in [4.78, 5) is 23.1. The van der Waals surface area contributed by atoms with Gasteiger partial charge < -0.3 is 9.47 Å². The molecule has 0 aromatic heterocycles. The molecule has 0 saturated heterocycles. The predicted octanol–water partition coefficient (Wildman–Crippen LogP) is 3.89. The van der Waals surface area contributed by atoms with Crippen LogP contribution in [0.1, 0.15) is 24.5 Å². The van der Waals surface area contributed by atoms with Crippen molar-refractivity contribution < 1.29 is 19.1 Å². The van der Waals surface area contributed by atoms with E-state index in [-0.39, 0.29) is 19.2 Å². The molecule has 0 aliphatic rings. The molecule has 0 saturated carbocycles. The molecule has 0 aliphatic heterocycles. The van der Waals surface area contributed by atoms with Crippen LogP contribution in [0, 0.1) is 0 Å². The van der Waals surface area contributed by atoms with Gasteiger partial charge in [0, 0.05) is 12.0 Å². The summed E-state index contributed by atoms with van der Waals surface area (Å²) >= 11 is 0. The number of ether oxygens (including phenoxy) is 2. The topological polar surface area (TPSA) is 64.6 Å². The van der Waals surface area contributed by atoms with Crippen molar-refractivity contribution in [3.8, 4) is 0 Å². The van der Waals surface area contributed by atoms with Gasteiger partial charge in [-0.2, -0.15) is 0 Å². The molecule has 5 heteroatoms. The minimum Gasteiger partial charge on any atom is -0.461 e. The van der Waals surface area contributed by atoms with Gasteiger partial charge in [0.1, 0.15) is 13.2 Å². The maximum atomic E-state index is 11.9. The number of anilines is 1. The number of para-hydroxylation sites is 1. The summed E-state index contributed by atoms with van der Waals surface area (Å²) < 4.78 is 10.3. The summed E-state index contributed by atoms with van der Waals surface area (Å²) in [7, 11) is 0. The predicted molar refractivity (Wildman–Crippen MR) is 86.8 cm³/mol. The molecule has 0 aliphatic carbocycles. The second-order valence-corrected chi connectivity index (χ2v) is 4.86. The third kappa shape index (κ3) is 5.47. The van der Waals surface area contributed by atoms with Crippen molar-refractivity contribution in [1.82, 2.24) is 0 Å². The minimum atomic E-state index is -0.553. The van der Waals surface area contributed by atoms with E-state index in [2.05, 4.69) is 5.32 Å². The summed E-state index contributed by atoms with van der Waals surface area (Å²) in [5.41, 5.74) is 2.19. The highest BCUT2D eigenvalue weighted by Gasteiger charge is 2.09. The van der Waals surface area contributed by atoms with Crippen molar-refractivity contribution in [1.29, 1.82) is 0 Å². The van der Waals surface area contributed by atoms with Crippen LogP contribution in [-0.2, 0) is 27.5 Å². The number of nitrogens with one attached hydrogen (secondary N) is 1. The smallest absolute Gasteiger partial charge is 0.411 e. The zero-order valence-corrected chi connectivity index (χ0v) is 13.0. The zero-order chi connectivity index (χ0) is 16.5. The highest BCUT2D eigenvalue weighted by atomic mass is 16.5. The first-order chi connectivity index (χ1) is 11.2. The molecule has 2 rings (SSSR count). The van der Waals surface area contributed by atoms with Crippen LogP contribution in [0.3, 0.4) is 0 Å². The van der Waals surface area contributed by atoms with E-state index < -0.39 is 6.09 Å². The Hall–Kier alpha value is -2.82. The average molecular weight is 313 g/mol. The molecule has 0 heterocycles. The number of carbonyl (C=O) groups excluding carboxylic acids is 2. The maximum absolute atomic E-state index is 11.9. The molecule has 2 aromatic rings. The van der Waals surface area contributed by atoms with Crippen LogP contribution in [0.5, 0.6) is 0 Å². The van der Waals surface area contributed by atoms with Gasteiger partial charge >= 0.3 is 12.1 Å². The molecule has 0 radical (unpaired) electrons. The first kappa shape index (κ1) is 16.5. The fourth-order valence-electron chi connectivity index (χ4n) is 1.90. The molecular formula is C18H19NO4. The lowest BCUT2D eigenvalue weighted by Crippen LogP contribution is -2.15. The van der Waals surface area contributed by atoms with Gasteiger partial charge in [-0.3, -0.25) is 10.1 Å². The van der Waals surface area contributed by atoms with Crippen LogP contribution < -0.4 is 5.32 Å². The number of carbonyl (C=O) groups is 2. The van der Waals surface area contributed by atoms with Gasteiger partial charge in [0.25, 0.3) is 0 Å². The standard InChI is InChI=1S/C18H19NO4/c1-2-17(20)22-13-15-10-6-7-11-16(15)19-18(21)23-12-14-8-4-3-5-9-14/h3-11H,2,12-13H2,1H3,(H,19,21). The monoisotopic (exact) mass is 313 g/mol. The lowest BCUT2D eigenvalue weighted by molar-refractivity contribution is -0.144. The number of hydrogen-bond acceptors (Lipinski definition) is 4. The Morgan fingerprint density at radius 2 is 1.61 bits per heavy atom. The molecule has 23 heavy (non-hydrogen) atoms. The van der Waals surface area contributed by atoms with Crippen molar-refractivity contribution >= 4 is 17.7 Å². The normalized spacial score (nSPS) is 9.96. The minimum absolute atomic E-state index is 0.113. The van der Waals surface area contributed by atoms with E-state index in [4.69, 9.17) is 9.47 Å². The molecule has 0 fully saturated rings. The fourth-order valence-corrected chi connectivity index (χ4v) is 1.90. The molecule has 2 aromatic carbocycles. The quantitative estimate of drug-likeness (QED) is 0.822. The lowest BCUT2D eigenvalue weighted by Gasteiger charge is -2.11. The summed E-state index contributed by atoms with van der Waals surface area (Å²) in [5, 5.41) is 2.67. The fraction of sp³-hybridized carbons (Fsp3) is 0.222. The van der Waals surface area contributed by atoms with Crippen molar-refractivity contribution in [2.75, 3.05) is 5.32 Å². The van der Waals surface area contributed by atoms with E-state index in [1.165, 1.54) is 0 Å². The molecular weight excluding hydrogens is 294 g/mol. The Morgan fingerprint density at radius 1 is 0.913 bits per heavy atom. The van der Waals surface area contributed by atoms with E-state index in [1.54, 1.807) is 25.1 Å². The second-order valence-electron chi connectivity index (χ2n) is 4.86. The molecule has 0 spiro atoms. The molecule has 1 N–H and O–H groups in total. The number of amides is 1. The summed E-state index contributed by atoms with van der Waals surface area (Å²) in [6, 6.07) is 16.6. The van der Waals surface area contributed by atoms with E-state index in [1.807, 2.05) is 36.4 Å². The second kappa shape index (κ2) is 8.58. The van der Waals surface area contributed by atoms with Gasteiger partial charge in [-0.25, -0.2) is 4.79 Å². The van der Waals surface area contributed by atoms with Gasteiger partial charge in [-0.05, 0) is 11.6 Å². The van der Waals surface area contributed by atoms with Crippen LogP contribution >= 0.6 is 0 Å². The van der Waals surface area contributed by atoms with Crippen LogP contribution in [0.25, 0.3) is 0 Å². The zero-order valence-electron chi connectivity index (χ0n) is 13.0. The van der Waals surface area contributed by atoms with Crippen LogP contribution in [0.2, 0.25) is 0 Å². The van der Waals surface area contributed by atoms with Crippen molar-refractivity contribution in [2.24, 2.45) is 0 Å². The summed E-state index contributed by atoms with van der Waals surface area (Å²) in [5.74, 6) is -0.286. The third-order valence-corrected chi connectivity index (χ3v) is 3.14. The first-order valence-corrected chi connectivity index (χ1v) is 7.40. The molecule has 120 valence electrons. The highest BCUT2D eigenvalue weighted by Crippen LogP contribution is 2.17. The van der Waals surface area contributed by atoms with Gasteiger partial charge in [0.05, 0.1) is 5.69 Å². The van der Waals surface area contributed by atoms with E-state index in [9.17, 15) is 9.59 Å². The molecule has 0 unspecified atom stereocenters. The largest absolute Gasteiger partial charge is 0.461 e. The summed E-state index contributed by atoms with van der Waals surface area (Å²) in [6.45, 7) is 2.04. The Balaban J connectivity index is 1.91. The van der Waals surface area contributed by atoms with Gasteiger partial charge in [-0.15, -0.1) is 0 Å². The number of rotatable bonds is 6. The van der Waals surface area contributed by atoms with Gasteiger partial charge in [0.15, 0.2) is 0 Å². The Bertz CT molecular complexity index is 655. The number of hydrogen-bond donors (Lipinski definition) is 1. The Morgan fingerprint density at radius 3 is 2.35 bits per heavy atom. The maximum Gasteiger partial charge on any atom is 0.411 e. The van der Waals surface area contributed by atoms with Crippen LogP contribution in [-0.4, -0.2) is 12.1 Å². The molecule has 0 bridgehead atoms.